The van der Waals surface area contributed by atoms with Crippen LogP contribution >= 0.6 is 11.3 Å². The minimum absolute atomic E-state index is 0.0737. The summed E-state index contributed by atoms with van der Waals surface area (Å²) in [5, 5.41) is 6.33. The maximum Gasteiger partial charge on any atom is 0.321 e. The van der Waals surface area contributed by atoms with Crippen LogP contribution in [0.15, 0.2) is 24.4 Å². The lowest BCUT2D eigenvalue weighted by Crippen LogP contribution is -2.44. The van der Waals surface area contributed by atoms with E-state index in [1.807, 2.05) is 18.2 Å². The zero-order valence-corrected chi connectivity index (χ0v) is 14.8. The molecule has 0 saturated heterocycles. The van der Waals surface area contributed by atoms with Crippen molar-refractivity contribution < 1.29 is 14.3 Å². The van der Waals surface area contributed by atoms with Gasteiger partial charge in [-0.3, -0.25) is 5.32 Å². The number of nitrogens with one attached hydrogen (secondary N) is 2. The molecule has 7 heteroatoms. The zero-order chi connectivity index (χ0) is 17.1. The molecule has 1 aromatic heterocycles. The molecule has 1 atom stereocenters. The van der Waals surface area contributed by atoms with E-state index in [0.29, 0.717) is 17.7 Å². The first-order valence-corrected chi connectivity index (χ1v) is 8.69. The number of benzene rings is 1. The molecule has 1 unspecified atom stereocenters. The Morgan fingerprint density at radius 1 is 1.46 bits per heavy atom. The van der Waals surface area contributed by atoms with Gasteiger partial charge in [0.2, 0.25) is 0 Å². The molecule has 128 valence electrons. The van der Waals surface area contributed by atoms with Gasteiger partial charge < -0.3 is 14.8 Å². The van der Waals surface area contributed by atoms with Crippen molar-refractivity contribution in [2.45, 2.75) is 32.2 Å². The van der Waals surface area contributed by atoms with Crippen molar-refractivity contribution in [3.63, 3.8) is 0 Å². The summed E-state index contributed by atoms with van der Waals surface area (Å²) in [6.45, 7) is 4.63. The van der Waals surface area contributed by atoms with Crippen molar-refractivity contribution in [1.29, 1.82) is 0 Å². The predicted molar refractivity (Wildman–Crippen MR) is 94.3 cm³/mol. The first-order chi connectivity index (χ1) is 11.5. The van der Waals surface area contributed by atoms with Crippen LogP contribution in [0.25, 0.3) is 0 Å². The smallest absolute Gasteiger partial charge is 0.321 e. The number of nitrogens with zero attached hydrogens (tertiary/aromatic N) is 1. The van der Waals surface area contributed by atoms with Crippen molar-refractivity contribution in [2.24, 2.45) is 0 Å². The highest BCUT2D eigenvalue weighted by molar-refractivity contribution is 7.15. The van der Waals surface area contributed by atoms with E-state index in [1.54, 1.807) is 13.3 Å². The highest BCUT2D eigenvalue weighted by atomic mass is 32.1. The molecule has 2 heterocycles. The third kappa shape index (κ3) is 3.79. The van der Waals surface area contributed by atoms with Crippen LogP contribution in [0.2, 0.25) is 0 Å². The van der Waals surface area contributed by atoms with Crippen LogP contribution in [0.3, 0.4) is 0 Å². The Hall–Kier alpha value is -2.28. The Labute approximate surface area is 145 Å². The van der Waals surface area contributed by atoms with E-state index in [0.717, 1.165) is 28.4 Å². The van der Waals surface area contributed by atoms with Crippen LogP contribution in [0.5, 0.6) is 11.5 Å². The van der Waals surface area contributed by atoms with Crippen molar-refractivity contribution in [3.8, 4) is 11.5 Å². The minimum Gasteiger partial charge on any atom is -0.497 e. The summed E-state index contributed by atoms with van der Waals surface area (Å²) in [4.78, 5) is 17.5. The number of ether oxygens (including phenoxy) is 2. The van der Waals surface area contributed by atoms with Crippen LogP contribution in [0.4, 0.5) is 9.93 Å². The first kappa shape index (κ1) is 16.6. The fourth-order valence-corrected chi connectivity index (χ4v) is 3.32. The number of anilines is 1. The number of aromatic nitrogens is 1. The number of methoxy groups -OCH3 is 1. The molecule has 0 radical (unpaired) electrons. The van der Waals surface area contributed by atoms with Gasteiger partial charge in [0.15, 0.2) is 5.13 Å². The Balaban J connectivity index is 1.57. The molecule has 3 rings (SSSR count). The van der Waals surface area contributed by atoms with Gasteiger partial charge in [-0.1, -0.05) is 19.9 Å². The number of carbonyl (C=O) groups excluding carboxylic acids is 1. The van der Waals surface area contributed by atoms with E-state index in [-0.39, 0.29) is 12.1 Å². The largest absolute Gasteiger partial charge is 0.497 e. The average molecular weight is 347 g/mol. The lowest BCUT2D eigenvalue weighted by molar-refractivity contribution is 0.222. The van der Waals surface area contributed by atoms with Crippen LogP contribution < -0.4 is 20.1 Å². The summed E-state index contributed by atoms with van der Waals surface area (Å²) < 4.78 is 10.9. The summed E-state index contributed by atoms with van der Waals surface area (Å²) in [7, 11) is 1.63. The lowest BCUT2D eigenvalue weighted by atomic mass is 10.0. The number of hydrogen-bond acceptors (Lipinski definition) is 5. The number of thiazole rings is 1. The monoisotopic (exact) mass is 347 g/mol. The first-order valence-electron chi connectivity index (χ1n) is 7.88. The van der Waals surface area contributed by atoms with Crippen molar-refractivity contribution >= 4 is 22.5 Å². The average Bonchev–Trinajstić information content (AvgIpc) is 3.03. The van der Waals surface area contributed by atoms with Gasteiger partial charge >= 0.3 is 6.03 Å². The van der Waals surface area contributed by atoms with Crippen LogP contribution in [-0.4, -0.2) is 30.8 Å². The second-order valence-corrected chi connectivity index (χ2v) is 7.07. The van der Waals surface area contributed by atoms with E-state index < -0.39 is 0 Å². The number of carbonyl (C=O) groups is 1. The SMILES string of the molecule is COc1ccc2c(c1)OCC(NC(=O)Nc1ncc(C(C)C)s1)C2. The number of urea groups is 1. The Kier molecular flexibility index (Phi) is 4.89. The van der Waals surface area contributed by atoms with E-state index >= 15 is 0 Å². The highest BCUT2D eigenvalue weighted by Gasteiger charge is 2.22. The molecule has 0 aliphatic carbocycles. The van der Waals surface area contributed by atoms with Gasteiger partial charge in [0.1, 0.15) is 18.1 Å². The Bertz CT molecular complexity index is 730. The third-order valence-corrected chi connectivity index (χ3v) is 5.04. The van der Waals surface area contributed by atoms with E-state index in [9.17, 15) is 4.79 Å². The molecule has 0 fully saturated rings. The normalized spacial score (nSPS) is 16.2. The highest BCUT2D eigenvalue weighted by Crippen LogP contribution is 2.29. The summed E-state index contributed by atoms with van der Waals surface area (Å²) in [6.07, 6.45) is 2.53. The van der Waals surface area contributed by atoms with Gasteiger partial charge in [0, 0.05) is 17.1 Å². The molecule has 24 heavy (non-hydrogen) atoms. The topological polar surface area (TPSA) is 72.5 Å². The minimum atomic E-state index is -0.259. The molecule has 0 bridgehead atoms. The molecular formula is C17H21N3O3S. The molecule has 0 saturated carbocycles. The van der Waals surface area contributed by atoms with Gasteiger partial charge in [0.25, 0.3) is 0 Å². The fraction of sp³-hybridized carbons (Fsp3) is 0.412. The van der Waals surface area contributed by atoms with Gasteiger partial charge in [0.05, 0.1) is 13.2 Å². The van der Waals surface area contributed by atoms with Crippen molar-refractivity contribution in [3.05, 3.63) is 34.8 Å². The van der Waals surface area contributed by atoms with Crippen LogP contribution in [0, 0.1) is 0 Å². The zero-order valence-electron chi connectivity index (χ0n) is 14.0. The second-order valence-electron chi connectivity index (χ2n) is 6.01. The molecule has 2 aromatic rings. The molecule has 1 aliphatic heterocycles. The standard InChI is InChI=1S/C17H21N3O3S/c1-10(2)15-8-18-17(24-15)20-16(21)19-12-6-11-4-5-13(22-3)7-14(11)23-9-12/h4-5,7-8,10,12H,6,9H2,1-3H3,(H2,18,19,20,21). The third-order valence-electron chi connectivity index (χ3n) is 3.83. The van der Waals surface area contributed by atoms with Gasteiger partial charge in [-0.25, -0.2) is 9.78 Å². The molecule has 2 N–H and O–H groups in total. The van der Waals surface area contributed by atoms with E-state index in [4.69, 9.17) is 9.47 Å². The maximum absolute atomic E-state index is 12.1. The van der Waals surface area contributed by atoms with Gasteiger partial charge in [-0.15, -0.1) is 11.3 Å². The molecule has 2 amide bonds. The molecule has 6 nitrogen and oxygen atoms in total. The number of fused-ring (bicyclic) bond motifs is 1. The van der Waals surface area contributed by atoms with Crippen LogP contribution in [-0.2, 0) is 6.42 Å². The predicted octanol–water partition coefficient (Wildman–Crippen LogP) is 3.40. The summed E-state index contributed by atoms with van der Waals surface area (Å²) >= 11 is 1.50. The Morgan fingerprint density at radius 3 is 3.00 bits per heavy atom. The summed E-state index contributed by atoms with van der Waals surface area (Å²) in [5.74, 6) is 1.98. The molecule has 0 spiro atoms. The maximum atomic E-state index is 12.1. The van der Waals surface area contributed by atoms with Crippen molar-refractivity contribution in [2.75, 3.05) is 19.0 Å². The van der Waals surface area contributed by atoms with E-state index in [1.165, 1.54) is 11.3 Å². The fourth-order valence-electron chi connectivity index (χ4n) is 2.50. The van der Waals surface area contributed by atoms with Gasteiger partial charge in [-0.2, -0.15) is 0 Å². The molecular weight excluding hydrogens is 326 g/mol. The van der Waals surface area contributed by atoms with Gasteiger partial charge in [-0.05, 0) is 24.0 Å². The van der Waals surface area contributed by atoms with E-state index in [2.05, 4.69) is 29.5 Å². The summed E-state index contributed by atoms with van der Waals surface area (Å²) in [5.41, 5.74) is 1.06. The quantitative estimate of drug-likeness (QED) is 0.889. The number of amides is 2. The lowest BCUT2D eigenvalue weighted by Gasteiger charge is -2.26. The number of rotatable bonds is 4. The number of hydrogen-bond donors (Lipinski definition) is 2. The molecule has 1 aromatic carbocycles. The Morgan fingerprint density at radius 2 is 2.29 bits per heavy atom. The molecule has 1 aliphatic rings. The second kappa shape index (κ2) is 7.09. The summed E-state index contributed by atoms with van der Waals surface area (Å²) in [6, 6.07) is 5.40. The van der Waals surface area contributed by atoms with Crippen molar-refractivity contribution in [1.82, 2.24) is 10.3 Å². The van der Waals surface area contributed by atoms with Crippen LogP contribution in [0.1, 0.15) is 30.2 Å².